The molecule has 0 N–H and O–H groups in total. The van der Waals surface area contributed by atoms with E-state index in [-0.39, 0.29) is 39.6 Å². The Hall–Kier alpha value is -2.97. The van der Waals surface area contributed by atoms with Crippen LogP contribution in [0, 0.1) is 11.8 Å². The average Bonchev–Trinajstić information content (AvgIpc) is 2.84. The fourth-order valence-corrected chi connectivity index (χ4v) is 6.87. The van der Waals surface area contributed by atoms with Crippen LogP contribution in [-0.2, 0) is 23.6 Å². The zero-order chi connectivity index (χ0) is 26.2. The summed E-state index contributed by atoms with van der Waals surface area (Å²) in [5.74, 6) is 0.170. The number of carbonyl (C=O) groups excluding carboxylic acids is 1. The third-order valence-corrected chi connectivity index (χ3v) is 8.77. The van der Waals surface area contributed by atoms with Crippen LogP contribution in [0.5, 0.6) is 0 Å². The number of carbonyl (C=O) groups is 1. The van der Waals surface area contributed by atoms with E-state index in [4.69, 9.17) is 0 Å². The number of rotatable bonds is 6. The van der Waals surface area contributed by atoms with Gasteiger partial charge in [-0.25, -0.2) is 8.42 Å². The van der Waals surface area contributed by atoms with Gasteiger partial charge in [-0.15, -0.1) is 0 Å². The number of hydrogen-bond donors (Lipinski definition) is 0. The number of nitrogens with zero attached hydrogens (tertiary/aromatic N) is 3. The zero-order valence-corrected chi connectivity index (χ0v) is 22.5. The molecular formula is C28H35N3O4S. The minimum Gasteiger partial charge on any atom is -0.350 e. The van der Waals surface area contributed by atoms with Crippen molar-refractivity contribution in [1.82, 2.24) is 13.8 Å². The van der Waals surface area contributed by atoms with Gasteiger partial charge in [-0.05, 0) is 55.9 Å². The molecule has 1 aromatic heterocycles. The van der Waals surface area contributed by atoms with Gasteiger partial charge in [0.15, 0.2) is 0 Å². The zero-order valence-electron chi connectivity index (χ0n) is 21.6. The van der Waals surface area contributed by atoms with Crippen molar-refractivity contribution in [2.45, 2.75) is 51.6 Å². The first kappa shape index (κ1) is 26.1. The monoisotopic (exact) mass is 509 g/mol. The van der Waals surface area contributed by atoms with Crippen LogP contribution in [-0.4, -0.2) is 47.2 Å². The largest absolute Gasteiger partial charge is 0.350 e. The van der Waals surface area contributed by atoms with Crippen LogP contribution in [0.4, 0.5) is 0 Å². The van der Waals surface area contributed by atoms with Crippen LogP contribution in [0.3, 0.4) is 0 Å². The topological polar surface area (TPSA) is 79.7 Å². The molecule has 0 unspecified atom stereocenters. The summed E-state index contributed by atoms with van der Waals surface area (Å²) in [6.07, 6.45) is 2.54. The number of amides is 1. The summed E-state index contributed by atoms with van der Waals surface area (Å²) in [6.45, 7) is 9.24. The van der Waals surface area contributed by atoms with Crippen molar-refractivity contribution in [3.8, 4) is 0 Å². The predicted molar refractivity (Wildman–Crippen MR) is 142 cm³/mol. The molecule has 0 bridgehead atoms. The molecule has 7 nitrogen and oxygen atoms in total. The van der Waals surface area contributed by atoms with Crippen molar-refractivity contribution in [3.63, 3.8) is 0 Å². The van der Waals surface area contributed by atoms with Crippen LogP contribution in [0.1, 0.15) is 50.0 Å². The summed E-state index contributed by atoms with van der Waals surface area (Å²) in [5.41, 5.74) is 1.12. The van der Waals surface area contributed by atoms with E-state index in [1.807, 2.05) is 44.2 Å². The maximum Gasteiger partial charge on any atom is 0.259 e. The normalized spacial score (nSPS) is 19.1. The standard InChI is InChI=1S/C28H35N3O4S/c1-19(2)31(17-22-9-7-6-8-10-22)28(33)25-18-29(5)26-12-11-23(14-24(26)27(25)32)36(34,35)30-15-20(3)13-21(4)16-30/h6-12,14,18-21H,13,15-17H2,1-5H3/t20-,21-/m1/s1. The molecule has 1 amide bonds. The minimum atomic E-state index is -3.76. The van der Waals surface area contributed by atoms with Gasteiger partial charge in [0.05, 0.1) is 10.4 Å². The van der Waals surface area contributed by atoms with Gasteiger partial charge >= 0.3 is 0 Å². The van der Waals surface area contributed by atoms with Crippen molar-refractivity contribution in [3.05, 3.63) is 76.1 Å². The van der Waals surface area contributed by atoms with Gasteiger partial charge in [-0.1, -0.05) is 44.2 Å². The molecule has 0 radical (unpaired) electrons. The lowest BCUT2D eigenvalue weighted by molar-refractivity contribution is 0.0688. The van der Waals surface area contributed by atoms with Gasteiger partial charge in [0, 0.05) is 44.3 Å². The van der Waals surface area contributed by atoms with E-state index in [1.165, 1.54) is 10.4 Å². The molecule has 2 atom stereocenters. The van der Waals surface area contributed by atoms with Crippen molar-refractivity contribution in [1.29, 1.82) is 0 Å². The van der Waals surface area contributed by atoms with E-state index in [9.17, 15) is 18.0 Å². The van der Waals surface area contributed by atoms with Crippen LogP contribution in [0.15, 0.2) is 64.4 Å². The molecular weight excluding hydrogens is 474 g/mol. The average molecular weight is 510 g/mol. The molecule has 0 aliphatic carbocycles. The molecule has 2 heterocycles. The van der Waals surface area contributed by atoms with Crippen LogP contribution in [0.25, 0.3) is 10.9 Å². The Balaban J connectivity index is 1.76. The second-order valence-electron chi connectivity index (χ2n) is 10.4. The third kappa shape index (κ3) is 5.11. The molecule has 0 spiro atoms. The molecule has 1 aliphatic heterocycles. The first-order chi connectivity index (χ1) is 17.0. The Morgan fingerprint density at radius 1 is 1.06 bits per heavy atom. The molecule has 0 saturated carbocycles. The first-order valence-corrected chi connectivity index (χ1v) is 13.9. The number of hydrogen-bond acceptors (Lipinski definition) is 4. The Bertz CT molecular complexity index is 1420. The molecule has 36 heavy (non-hydrogen) atoms. The number of aromatic nitrogens is 1. The predicted octanol–water partition coefficient (Wildman–Crippen LogP) is 4.26. The molecule has 1 saturated heterocycles. The Morgan fingerprint density at radius 3 is 2.31 bits per heavy atom. The molecule has 2 aromatic carbocycles. The molecule has 192 valence electrons. The van der Waals surface area contributed by atoms with Crippen LogP contribution < -0.4 is 5.43 Å². The smallest absolute Gasteiger partial charge is 0.259 e. The first-order valence-electron chi connectivity index (χ1n) is 12.5. The highest BCUT2D eigenvalue weighted by atomic mass is 32.2. The molecule has 8 heteroatoms. The van der Waals surface area contributed by atoms with Gasteiger partial charge in [-0.2, -0.15) is 4.31 Å². The SMILES string of the molecule is CC(C)N(Cc1ccccc1)C(=O)c1cn(C)c2ccc(S(=O)(=O)N3C[C@H](C)C[C@@H](C)C3)cc2c1=O. The quantitative estimate of drug-likeness (QED) is 0.498. The Morgan fingerprint density at radius 2 is 1.69 bits per heavy atom. The lowest BCUT2D eigenvalue weighted by atomic mass is 9.94. The van der Waals surface area contributed by atoms with Crippen molar-refractivity contribution in [2.24, 2.45) is 18.9 Å². The highest BCUT2D eigenvalue weighted by molar-refractivity contribution is 7.89. The van der Waals surface area contributed by atoms with Gasteiger partial charge in [-0.3, -0.25) is 9.59 Å². The van der Waals surface area contributed by atoms with Crippen molar-refractivity contribution >= 4 is 26.8 Å². The second kappa shape index (κ2) is 10.2. The summed E-state index contributed by atoms with van der Waals surface area (Å²) >= 11 is 0. The van der Waals surface area contributed by atoms with E-state index in [0.717, 1.165) is 12.0 Å². The molecule has 1 aliphatic rings. The number of piperidine rings is 1. The minimum absolute atomic E-state index is 0.0318. The maximum atomic E-state index is 13.6. The lowest BCUT2D eigenvalue weighted by Crippen LogP contribution is -2.42. The highest BCUT2D eigenvalue weighted by Gasteiger charge is 2.32. The molecule has 4 rings (SSSR count). The molecule has 1 fully saturated rings. The van der Waals surface area contributed by atoms with E-state index < -0.39 is 15.5 Å². The van der Waals surface area contributed by atoms with Gasteiger partial charge in [0.25, 0.3) is 5.91 Å². The van der Waals surface area contributed by atoms with Crippen LogP contribution in [0.2, 0.25) is 0 Å². The van der Waals surface area contributed by atoms with Gasteiger partial charge in [0.1, 0.15) is 5.56 Å². The highest BCUT2D eigenvalue weighted by Crippen LogP contribution is 2.28. The third-order valence-electron chi connectivity index (χ3n) is 6.94. The van der Waals surface area contributed by atoms with Crippen molar-refractivity contribution in [2.75, 3.05) is 13.1 Å². The van der Waals surface area contributed by atoms with Crippen LogP contribution >= 0.6 is 0 Å². The summed E-state index contributed by atoms with van der Waals surface area (Å²) < 4.78 is 30.2. The Kier molecular flexibility index (Phi) is 7.38. The summed E-state index contributed by atoms with van der Waals surface area (Å²) in [7, 11) is -2.00. The second-order valence-corrected chi connectivity index (χ2v) is 12.4. The number of sulfonamides is 1. The molecule has 3 aromatic rings. The number of pyridine rings is 1. The summed E-state index contributed by atoms with van der Waals surface area (Å²) in [5, 5.41) is 0.228. The number of benzene rings is 2. The van der Waals surface area contributed by atoms with Gasteiger partial charge < -0.3 is 9.47 Å². The van der Waals surface area contributed by atoms with Crippen molar-refractivity contribution < 1.29 is 13.2 Å². The van der Waals surface area contributed by atoms with E-state index >= 15 is 0 Å². The summed E-state index contributed by atoms with van der Waals surface area (Å²) in [4.78, 5) is 28.9. The summed E-state index contributed by atoms with van der Waals surface area (Å²) in [6, 6.07) is 14.1. The van der Waals surface area contributed by atoms with Gasteiger partial charge in [0.2, 0.25) is 15.5 Å². The van der Waals surface area contributed by atoms with E-state index in [0.29, 0.717) is 25.2 Å². The van der Waals surface area contributed by atoms with E-state index in [2.05, 4.69) is 13.8 Å². The number of fused-ring (bicyclic) bond motifs is 1. The Labute approximate surface area is 213 Å². The van der Waals surface area contributed by atoms with E-state index in [1.54, 1.807) is 34.8 Å². The maximum absolute atomic E-state index is 13.6. The fourth-order valence-electron chi connectivity index (χ4n) is 5.16. The lowest BCUT2D eigenvalue weighted by Gasteiger charge is -2.34. The number of aryl methyl sites for hydroxylation is 1. The fraction of sp³-hybridized carbons (Fsp3) is 0.429.